The lowest BCUT2D eigenvalue weighted by Gasteiger charge is -2.51. The van der Waals surface area contributed by atoms with Gasteiger partial charge in [-0.3, -0.25) is 0 Å². The van der Waals surface area contributed by atoms with E-state index in [4.69, 9.17) is 9.84 Å². The molecule has 3 aliphatic rings. The molecule has 3 aromatic rings. The van der Waals surface area contributed by atoms with Crippen LogP contribution in [0.15, 0.2) is 71.8 Å². The molecule has 1 unspecified atom stereocenters. The van der Waals surface area contributed by atoms with E-state index >= 15 is 0 Å². The molecule has 4 nitrogen and oxygen atoms in total. The molecule has 0 bridgehead atoms. The standard InChI is InChI=1S/C26H27N3O/c1-2-28-15-13-26(14-16-28)29-24(22-9-5-6-10-25(22)30-26)18-23(27-29)21-12-11-19-7-3-4-8-20(19)17-21/h3-12,17,24H,2,13-16,18H2,1H3. The molecule has 1 spiro atoms. The molecule has 3 aliphatic heterocycles. The highest BCUT2D eigenvalue weighted by Gasteiger charge is 2.51. The fraction of sp³-hybridized carbons (Fsp3) is 0.346. The molecule has 0 aromatic heterocycles. The molecule has 4 heteroatoms. The van der Waals surface area contributed by atoms with E-state index in [0.29, 0.717) is 0 Å². The van der Waals surface area contributed by atoms with E-state index in [1.807, 2.05) is 0 Å². The Morgan fingerprint density at radius 1 is 0.967 bits per heavy atom. The number of hydrogen-bond acceptors (Lipinski definition) is 4. The number of hydrogen-bond donors (Lipinski definition) is 0. The van der Waals surface area contributed by atoms with Crippen LogP contribution in [0, 0.1) is 0 Å². The number of piperidine rings is 1. The fourth-order valence-electron chi connectivity index (χ4n) is 5.32. The van der Waals surface area contributed by atoms with Crippen LogP contribution < -0.4 is 4.74 Å². The van der Waals surface area contributed by atoms with Crippen molar-refractivity contribution in [1.29, 1.82) is 0 Å². The predicted molar refractivity (Wildman–Crippen MR) is 121 cm³/mol. The van der Waals surface area contributed by atoms with E-state index in [9.17, 15) is 0 Å². The van der Waals surface area contributed by atoms with Gasteiger partial charge in [-0.25, -0.2) is 5.01 Å². The van der Waals surface area contributed by atoms with Crippen molar-refractivity contribution in [1.82, 2.24) is 9.91 Å². The number of fused-ring (bicyclic) bond motifs is 5. The summed E-state index contributed by atoms with van der Waals surface area (Å²) >= 11 is 0. The SMILES string of the molecule is CCN1CCC2(CC1)Oc1ccccc1C1CC(c3ccc4ccccc4c3)=NN12. The van der Waals surface area contributed by atoms with Gasteiger partial charge in [-0.05, 0) is 35.0 Å². The predicted octanol–water partition coefficient (Wildman–Crippen LogP) is 5.20. The maximum absolute atomic E-state index is 6.71. The van der Waals surface area contributed by atoms with E-state index < -0.39 is 0 Å². The summed E-state index contributed by atoms with van der Waals surface area (Å²) in [4.78, 5) is 2.51. The van der Waals surface area contributed by atoms with E-state index in [1.165, 1.54) is 27.6 Å². The van der Waals surface area contributed by atoms with Gasteiger partial charge < -0.3 is 9.64 Å². The third-order valence-corrected chi connectivity index (χ3v) is 7.07. The summed E-state index contributed by atoms with van der Waals surface area (Å²) < 4.78 is 6.71. The molecule has 3 heterocycles. The maximum Gasteiger partial charge on any atom is 0.200 e. The van der Waals surface area contributed by atoms with Crippen molar-refractivity contribution in [3.8, 4) is 5.75 Å². The molecule has 1 saturated heterocycles. The topological polar surface area (TPSA) is 28.1 Å². The highest BCUT2D eigenvalue weighted by molar-refractivity contribution is 6.04. The quantitative estimate of drug-likeness (QED) is 0.595. The second kappa shape index (κ2) is 6.85. The maximum atomic E-state index is 6.71. The Morgan fingerprint density at radius 3 is 2.57 bits per heavy atom. The summed E-state index contributed by atoms with van der Waals surface area (Å²) in [6.45, 7) is 5.46. The van der Waals surface area contributed by atoms with E-state index in [-0.39, 0.29) is 11.8 Å². The van der Waals surface area contributed by atoms with Crippen LogP contribution in [0.25, 0.3) is 10.8 Å². The first-order valence-corrected chi connectivity index (χ1v) is 11.1. The zero-order chi connectivity index (χ0) is 20.1. The van der Waals surface area contributed by atoms with Gasteiger partial charge in [0.15, 0.2) is 0 Å². The Morgan fingerprint density at radius 2 is 1.73 bits per heavy atom. The highest BCUT2D eigenvalue weighted by Crippen LogP contribution is 2.49. The fourth-order valence-corrected chi connectivity index (χ4v) is 5.32. The summed E-state index contributed by atoms with van der Waals surface area (Å²) in [5, 5.41) is 10.1. The van der Waals surface area contributed by atoms with Gasteiger partial charge in [-0.15, -0.1) is 0 Å². The van der Waals surface area contributed by atoms with Gasteiger partial charge in [-0.1, -0.05) is 61.5 Å². The molecule has 3 aromatic carbocycles. The lowest BCUT2D eigenvalue weighted by molar-refractivity contribution is -0.149. The lowest BCUT2D eigenvalue weighted by atomic mass is 9.90. The summed E-state index contributed by atoms with van der Waals surface area (Å²) in [7, 11) is 0. The largest absolute Gasteiger partial charge is 0.466 e. The first-order chi connectivity index (χ1) is 14.8. The first-order valence-electron chi connectivity index (χ1n) is 11.1. The van der Waals surface area contributed by atoms with Crippen LogP contribution in [0.5, 0.6) is 5.75 Å². The normalized spacial score (nSPS) is 22.5. The van der Waals surface area contributed by atoms with Crippen LogP contribution in [0.3, 0.4) is 0 Å². The molecule has 0 N–H and O–H groups in total. The van der Waals surface area contributed by atoms with Gasteiger partial charge in [0, 0.05) is 37.9 Å². The molecule has 0 radical (unpaired) electrons. The molecular weight excluding hydrogens is 370 g/mol. The van der Waals surface area contributed by atoms with Crippen LogP contribution in [0.2, 0.25) is 0 Å². The number of ether oxygens (including phenoxy) is 1. The Bertz CT molecular complexity index is 1130. The molecule has 6 rings (SSSR count). The van der Waals surface area contributed by atoms with Gasteiger partial charge in [0.2, 0.25) is 5.72 Å². The van der Waals surface area contributed by atoms with E-state index in [0.717, 1.165) is 44.6 Å². The zero-order valence-corrected chi connectivity index (χ0v) is 17.4. The number of rotatable bonds is 2. The van der Waals surface area contributed by atoms with Crippen LogP contribution >= 0.6 is 0 Å². The minimum atomic E-state index is -0.330. The van der Waals surface area contributed by atoms with Crippen molar-refractivity contribution in [3.05, 3.63) is 77.9 Å². The van der Waals surface area contributed by atoms with Crippen molar-refractivity contribution in [2.45, 2.75) is 38.0 Å². The van der Waals surface area contributed by atoms with Crippen LogP contribution in [0.4, 0.5) is 0 Å². The van der Waals surface area contributed by atoms with Gasteiger partial charge in [0.1, 0.15) is 5.75 Å². The third-order valence-electron chi connectivity index (χ3n) is 7.07. The number of benzene rings is 3. The van der Waals surface area contributed by atoms with Gasteiger partial charge >= 0.3 is 0 Å². The average Bonchev–Trinajstić information content (AvgIpc) is 3.26. The molecule has 1 fully saturated rings. The molecule has 0 amide bonds. The number of para-hydroxylation sites is 1. The van der Waals surface area contributed by atoms with E-state index in [2.05, 4.69) is 83.6 Å². The van der Waals surface area contributed by atoms with Gasteiger partial charge in [0.25, 0.3) is 0 Å². The molecule has 0 aliphatic carbocycles. The lowest BCUT2D eigenvalue weighted by Crippen LogP contribution is -2.59. The Balaban J connectivity index is 1.41. The molecule has 0 saturated carbocycles. The smallest absolute Gasteiger partial charge is 0.200 e. The summed E-state index contributed by atoms with van der Waals surface area (Å²) in [5.41, 5.74) is 3.33. The Hall–Kier alpha value is -2.85. The summed E-state index contributed by atoms with van der Waals surface area (Å²) in [6, 6.07) is 24.1. The van der Waals surface area contributed by atoms with Crippen molar-refractivity contribution in [2.24, 2.45) is 5.10 Å². The third kappa shape index (κ3) is 2.74. The number of nitrogens with zero attached hydrogens (tertiary/aromatic N) is 3. The van der Waals surface area contributed by atoms with Gasteiger partial charge in [0.05, 0.1) is 11.8 Å². The minimum Gasteiger partial charge on any atom is -0.466 e. The van der Waals surface area contributed by atoms with E-state index in [1.54, 1.807) is 0 Å². The minimum absolute atomic E-state index is 0.254. The second-order valence-corrected chi connectivity index (χ2v) is 8.69. The second-order valence-electron chi connectivity index (χ2n) is 8.69. The van der Waals surface area contributed by atoms with Crippen LogP contribution in [-0.4, -0.2) is 41.0 Å². The van der Waals surface area contributed by atoms with Crippen molar-refractivity contribution < 1.29 is 4.74 Å². The molecule has 1 atom stereocenters. The van der Waals surface area contributed by atoms with Crippen molar-refractivity contribution >= 4 is 16.5 Å². The van der Waals surface area contributed by atoms with Gasteiger partial charge in [-0.2, -0.15) is 5.10 Å². The Labute approximate surface area is 177 Å². The van der Waals surface area contributed by atoms with Crippen LogP contribution in [0.1, 0.15) is 43.4 Å². The summed E-state index contributed by atoms with van der Waals surface area (Å²) in [5.74, 6) is 1.04. The Kier molecular flexibility index (Phi) is 4.10. The zero-order valence-electron chi connectivity index (χ0n) is 17.4. The molecular formula is C26H27N3O. The monoisotopic (exact) mass is 397 g/mol. The van der Waals surface area contributed by atoms with Crippen molar-refractivity contribution in [2.75, 3.05) is 19.6 Å². The molecule has 30 heavy (non-hydrogen) atoms. The van der Waals surface area contributed by atoms with Crippen LogP contribution in [-0.2, 0) is 0 Å². The number of hydrazone groups is 1. The molecule has 152 valence electrons. The number of likely N-dealkylation sites (tertiary alicyclic amines) is 1. The summed E-state index contributed by atoms with van der Waals surface area (Å²) in [6.07, 6.45) is 2.90. The first kappa shape index (κ1) is 18.0. The van der Waals surface area contributed by atoms with Crippen molar-refractivity contribution in [3.63, 3.8) is 0 Å². The highest BCUT2D eigenvalue weighted by atomic mass is 16.5. The average molecular weight is 398 g/mol.